The van der Waals surface area contributed by atoms with Crippen molar-refractivity contribution >= 4 is 56.9 Å². The molecule has 0 atom stereocenters. The van der Waals surface area contributed by atoms with Crippen LogP contribution in [-0.2, 0) is 0 Å². The molecule has 5 nitrogen and oxygen atoms in total. The summed E-state index contributed by atoms with van der Waals surface area (Å²) in [5.74, 6) is 0.537. The summed E-state index contributed by atoms with van der Waals surface area (Å²) in [6.45, 7) is 0. The summed E-state index contributed by atoms with van der Waals surface area (Å²) < 4.78 is 6.55. The van der Waals surface area contributed by atoms with E-state index in [0.29, 0.717) is 21.6 Å². The van der Waals surface area contributed by atoms with Crippen LogP contribution in [0.1, 0.15) is 5.76 Å². The standard InChI is InChI=1S/C17H10BrClN2O3S/c18-16-9-14(10-20-12-2-1-3-13(8-12)21(22)23)24-17(16)25-15-6-4-11(19)5-7-15/h1-10H. The summed E-state index contributed by atoms with van der Waals surface area (Å²) in [5, 5.41) is 12.1. The zero-order valence-electron chi connectivity index (χ0n) is 12.6. The molecule has 25 heavy (non-hydrogen) atoms. The first-order valence-corrected chi connectivity index (χ1v) is 9.01. The van der Waals surface area contributed by atoms with E-state index < -0.39 is 4.92 Å². The quantitative estimate of drug-likeness (QED) is 0.259. The fourth-order valence-corrected chi connectivity index (χ4v) is 3.39. The molecule has 0 aliphatic carbocycles. The van der Waals surface area contributed by atoms with Crippen molar-refractivity contribution in [1.82, 2.24) is 0 Å². The first-order chi connectivity index (χ1) is 12.0. The number of benzene rings is 2. The van der Waals surface area contributed by atoms with Gasteiger partial charge in [0.05, 0.1) is 21.3 Å². The van der Waals surface area contributed by atoms with Crippen molar-refractivity contribution < 1.29 is 9.34 Å². The number of halogens is 2. The molecule has 0 unspecified atom stereocenters. The van der Waals surface area contributed by atoms with Crippen molar-refractivity contribution in [3.05, 3.63) is 80.0 Å². The average Bonchev–Trinajstić information content (AvgIpc) is 2.95. The van der Waals surface area contributed by atoms with Gasteiger partial charge in [0, 0.05) is 28.1 Å². The van der Waals surface area contributed by atoms with Gasteiger partial charge in [-0.3, -0.25) is 15.1 Å². The summed E-state index contributed by atoms with van der Waals surface area (Å²) in [4.78, 5) is 15.5. The third kappa shape index (κ3) is 4.72. The first kappa shape index (κ1) is 17.7. The van der Waals surface area contributed by atoms with Crippen LogP contribution in [0.5, 0.6) is 0 Å². The zero-order chi connectivity index (χ0) is 17.8. The van der Waals surface area contributed by atoms with Gasteiger partial charge in [-0.15, -0.1) is 0 Å². The molecule has 126 valence electrons. The molecule has 0 spiro atoms. The van der Waals surface area contributed by atoms with Crippen LogP contribution >= 0.6 is 39.3 Å². The third-order valence-corrected chi connectivity index (χ3v) is 5.18. The molecule has 0 N–H and O–H groups in total. The van der Waals surface area contributed by atoms with Gasteiger partial charge in [-0.05, 0) is 46.3 Å². The van der Waals surface area contributed by atoms with Crippen LogP contribution < -0.4 is 0 Å². The van der Waals surface area contributed by atoms with E-state index in [9.17, 15) is 10.1 Å². The van der Waals surface area contributed by atoms with E-state index in [0.717, 1.165) is 9.37 Å². The van der Waals surface area contributed by atoms with Gasteiger partial charge < -0.3 is 4.42 Å². The Balaban J connectivity index is 1.77. The maximum atomic E-state index is 10.8. The molecule has 0 radical (unpaired) electrons. The molecule has 1 heterocycles. The lowest BCUT2D eigenvalue weighted by molar-refractivity contribution is -0.384. The van der Waals surface area contributed by atoms with Crippen LogP contribution in [0.4, 0.5) is 11.4 Å². The molecule has 2 aromatic carbocycles. The maximum absolute atomic E-state index is 10.8. The van der Waals surface area contributed by atoms with Crippen LogP contribution in [0.15, 0.2) is 78.5 Å². The van der Waals surface area contributed by atoms with Crippen LogP contribution in [0.3, 0.4) is 0 Å². The van der Waals surface area contributed by atoms with Crippen LogP contribution in [0.2, 0.25) is 5.02 Å². The number of nitro benzene ring substituents is 1. The summed E-state index contributed by atoms with van der Waals surface area (Å²) >= 11 is 10.8. The molecule has 0 amide bonds. The molecule has 0 saturated heterocycles. The molecule has 1 aromatic heterocycles. The number of nitro groups is 1. The van der Waals surface area contributed by atoms with E-state index in [-0.39, 0.29) is 5.69 Å². The monoisotopic (exact) mass is 436 g/mol. The number of rotatable bonds is 5. The Morgan fingerprint density at radius 3 is 2.68 bits per heavy atom. The molecular weight excluding hydrogens is 428 g/mol. The number of aliphatic imine (C=N–C) groups is 1. The van der Waals surface area contributed by atoms with E-state index in [4.69, 9.17) is 16.0 Å². The molecule has 0 fully saturated rings. The van der Waals surface area contributed by atoms with Crippen LogP contribution in [0, 0.1) is 10.1 Å². The van der Waals surface area contributed by atoms with Gasteiger partial charge in [-0.25, -0.2) is 0 Å². The lowest BCUT2D eigenvalue weighted by Crippen LogP contribution is -1.86. The summed E-state index contributed by atoms with van der Waals surface area (Å²) in [6, 6.07) is 15.3. The number of hydrogen-bond donors (Lipinski definition) is 0. The van der Waals surface area contributed by atoms with Crippen molar-refractivity contribution in [3.63, 3.8) is 0 Å². The lowest BCUT2D eigenvalue weighted by Gasteiger charge is -1.98. The van der Waals surface area contributed by atoms with E-state index in [1.165, 1.54) is 30.1 Å². The van der Waals surface area contributed by atoms with Gasteiger partial charge in [-0.2, -0.15) is 0 Å². The van der Waals surface area contributed by atoms with Gasteiger partial charge in [0.25, 0.3) is 5.69 Å². The Hall–Kier alpha value is -2.09. The molecule has 0 bridgehead atoms. The van der Waals surface area contributed by atoms with Crippen molar-refractivity contribution in [3.8, 4) is 0 Å². The molecule has 0 aliphatic heterocycles. The van der Waals surface area contributed by atoms with Crippen molar-refractivity contribution in [2.75, 3.05) is 0 Å². The van der Waals surface area contributed by atoms with Gasteiger partial charge >= 0.3 is 0 Å². The zero-order valence-corrected chi connectivity index (χ0v) is 15.7. The first-order valence-electron chi connectivity index (χ1n) is 7.02. The minimum Gasteiger partial charge on any atom is -0.447 e. The lowest BCUT2D eigenvalue weighted by atomic mass is 10.3. The molecule has 0 saturated carbocycles. The second kappa shape index (κ2) is 7.86. The summed E-state index contributed by atoms with van der Waals surface area (Å²) in [7, 11) is 0. The Labute approximate surface area is 161 Å². The average molecular weight is 438 g/mol. The van der Waals surface area contributed by atoms with Crippen LogP contribution in [-0.4, -0.2) is 11.1 Å². The summed E-state index contributed by atoms with van der Waals surface area (Å²) in [6.07, 6.45) is 1.52. The number of nitrogens with zero attached hydrogens (tertiary/aromatic N) is 2. The Kier molecular flexibility index (Phi) is 5.57. The third-order valence-electron chi connectivity index (χ3n) is 3.08. The predicted molar refractivity (Wildman–Crippen MR) is 102 cm³/mol. The maximum Gasteiger partial charge on any atom is 0.271 e. The van der Waals surface area contributed by atoms with Crippen molar-refractivity contribution in [1.29, 1.82) is 0 Å². The Morgan fingerprint density at radius 2 is 1.96 bits per heavy atom. The van der Waals surface area contributed by atoms with Gasteiger partial charge in [0.15, 0.2) is 5.09 Å². The van der Waals surface area contributed by atoms with E-state index >= 15 is 0 Å². The predicted octanol–water partition coefficient (Wildman–Crippen LogP) is 6.51. The van der Waals surface area contributed by atoms with E-state index in [1.807, 2.05) is 24.3 Å². The van der Waals surface area contributed by atoms with Crippen LogP contribution in [0.25, 0.3) is 0 Å². The van der Waals surface area contributed by atoms with Crippen molar-refractivity contribution in [2.24, 2.45) is 4.99 Å². The SMILES string of the molecule is O=[N+]([O-])c1cccc(N=Cc2cc(Br)c(Sc3ccc(Cl)cc3)o2)c1. The van der Waals surface area contributed by atoms with E-state index in [1.54, 1.807) is 18.2 Å². The largest absolute Gasteiger partial charge is 0.447 e. The number of furan rings is 1. The Morgan fingerprint density at radius 1 is 1.20 bits per heavy atom. The van der Waals surface area contributed by atoms with Gasteiger partial charge in [0.2, 0.25) is 0 Å². The van der Waals surface area contributed by atoms with Gasteiger partial charge in [0.1, 0.15) is 5.76 Å². The van der Waals surface area contributed by atoms with E-state index in [2.05, 4.69) is 20.9 Å². The topological polar surface area (TPSA) is 68.6 Å². The summed E-state index contributed by atoms with van der Waals surface area (Å²) in [5.41, 5.74) is 0.475. The molecule has 3 rings (SSSR count). The fourth-order valence-electron chi connectivity index (χ4n) is 1.94. The van der Waals surface area contributed by atoms with Gasteiger partial charge in [-0.1, -0.05) is 29.4 Å². The molecule has 3 aromatic rings. The Bertz CT molecular complexity index is 941. The second-order valence-electron chi connectivity index (χ2n) is 4.88. The molecule has 0 aliphatic rings. The highest BCUT2D eigenvalue weighted by Gasteiger charge is 2.10. The highest BCUT2D eigenvalue weighted by atomic mass is 79.9. The molecule has 8 heteroatoms. The van der Waals surface area contributed by atoms with Crippen molar-refractivity contribution in [2.45, 2.75) is 9.99 Å². The minimum absolute atomic E-state index is 0.00532. The highest BCUT2D eigenvalue weighted by molar-refractivity contribution is 9.10. The number of non-ortho nitro benzene ring substituents is 1. The fraction of sp³-hybridized carbons (Fsp3) is 0. The minimum atomic E-state index is -0.455. The molecular formula is C17H10BrClN2O3S. The highest BCUT2D eigenvalue weighted by Crippen LogP contribution is 2.36. The normalized spacial score (nSPS) is 11.1. The second-order valence-corrected chi connectivity index (χ2v) is 7.21. The smallest absolute Gasteiger partial charge is 0.271 e. The number of hydrogen-bond acceptors (Lipinski definition) is 5.